The number of benzene rings is 2. The first-order chi connectivity index (χ1) is 24.0. The number of rotatable bonds is 16. The Kier molecular flexibility index (Phi) is 15.3. The Hall–Kier alpha value is -3.73. The summed E-state index contributed by atoms with van der Waals surface area (Å²) in [5.74, 6) is -2.81. The smallest absolute Gasteiger partial charge is 0.407 e. The molecule has 0 spiro atoms. The van der Waals surface area contributed by atoms with Gasteiger partial charge in [-0.05, 0) is 63.1 Å². The third-order valence-corrected chi connectivity index (χ3v) is 9.23. The molecule has 3 rings (SSSR count). The SMILES string of the molecule is COC(=O)C1(OCCCSCCN)CC(NC(=O)OC(C)(C)C)C(NC(C)=O)C(C(C)(O)C(O)CNC(=O)c2ccc(-c3ccccc3)cc2)O1. The highest BCUT2D eigenvalue weighted by molar-refractivity contribution is 7.99. The maximum Gasteiger partial charge on any atom is 0.407 e. The number of ether oxygens (including phenoxy) is 4. The van der Waals surface area contributed by atoms with Gasteiger partial charge in [0.15, 0.2) is 0 Å². The van der Waals surface area contributed by atoms with Crippen LogP contribution in [0.25, 0.3) is 11.1 Å². The van der Waals surface area contributed by atoms with Gasteiger partial charge in [-0.1, -0.05) is 42.5 Å². The molecule has 1 heterocycles. The summed E-state index contributed by atoms with van der Waals surface area (Å²) in [4.78, 5) is 52.1. The van der Waals surface area contributed by atoms with Gasteiger partial charge in [-0.15, -0.1) is 0 Å². The molecule has 1 aliphatic heterocycles. The quantitative estimate of drug-likeness (QED) is 0.109. The Morgan fingerprint density at radius 2 is 1.67 bits per heavy atom. The number of carbonyl (C=O) groups excluding carboxylic acids is 4. The van der Waals surface area contributed by atoms with Crippen molar-refractivity contribution >= 4 is 35.6 Å². The molecule has 1 fully saturated rings. The van der Waals surface area contributed by atoms with E-state index in [-0.39, 0.29) is 13.0 Å². The Morgan fingerprint density at radius 3 is 2.25 bits per heavy atom. The van der Waals surface area contributed by atoms with Crippen LogP contribution in [0.3, 0.4) is 0 Å². The normalized spacial score (nSPS) is 22.2. The lowest BCUT2D eigenvalue weighted by Crippen LogP contribution is -2.74. The molecule has 14 nitrogen and oxygen atoms in total. The zero-order chi connectivity index (χ0) is 37.8. The van der Waals surface area contributed by atoms with E-state index in [0.29, 0.717) is 24.3 Å². The Balaban J connectivity index is 1.90. The van der Waals surface area contributed by atoms with Crippen LogP contribution < -0.4 is 21.7 Å². The van der Waals surface area contributed by atoms with Gasteiger partial charge in [0.05, 0.1) is 25.8 Å². The molecule has 2 aromatic rings. The molecular formula is C36H52N4O10S. The zero-order valence-electron chi connectivity index (χ0n) is 30.1. The first-order valence-corrected chi connectivity index (χ1v) is 18.0. The lowest BCUT2D eigenvalue weighted by atomic mass is 9.80. The molecule has 7 N–H and O–H groups in total. The summed E-state index contributed by atoms with van der Waals surface area (Å²) in [7, 11) is 1.13. The Bertz CT molecular complexity index is 1450. The first-order valence-electron chi connectivity index (χ1n) is 16.8. The van der Waals surface area contributed by atoms with Gasteiger partial charge in [0.2, 0.25) is 5.91 Å². The maximum atomic E-state index is 13.4. The van der Waals surface area contributed by atoms with Gasteiger partial charge in [0, 0.05) is 37.8 Å². The molecule has 6 unspecified atom stereocenters. The third-order valence-electron chi connectivity index (χ3n) is 8.13. The summed E-state index contributed by atoms with van der Waals surface area (Å²) >= 11 is 1.60. The summed E-state index contributed by atoms with van der Waals surface area (Å²) < 4.78 is 22.9. The van der Waals surface area contributed by atoms with E-state index in [1.165, 1.54) is 13.8 Å². The molecule has 0 bridgehead atoms. The number of esters is 1. The fourth-order valence-electron chi connectivity index (χ4n) is 5.60. The average molecular weight is 733 g/mol. The van der Waals surface area contributed by atoms with Crippen LogP contribution in [-0.4, -0.2) is 114 Å². The summed E-state index contributed by atoms with van der Waals surface area (Å²) in [6, 6.07) is 14.2. The van der Waals surface area contributed by atoms with Crippen LogP contribution in [0.4, 0.5) is 4.79 Å². The molecule has 3 amide bonds. The maximum absolute atomic E-state index is 13.4. The fraction of sp³-hybridized carbons (Fsp3) is 0.556. The van der Waals surface area contributed by atoms with Gasteiger partial charge in [0.25, 0.3) is 11.7 Å². The zero-order valence-corrected chi connectivity index (χ0v) is 30.9. The minimum absolute atomic E-state index is 0.0210. The van der Waals surface area contributed by atoms with Gasteiger partial charge in [-0.2, -0.15) is 11.8 Å². The number of hydrogen-bond donors (Lipinski definition) is 6. The van der Waals surface area contributed by atoms with Crippen molar-refractivity contribution in [3.63, 3.8) is 0 Å². The van der Waals surface area contributed by atoms with E-state index in [9.17, 15) is 29.4 Å². The van der Waals surface area contributed by atoms with Crippen molar-refractivity contribution < 1.29 is 48.3 Å². The monoisotopic (exact) mass is 732 g/mol. The molecule has 51 heavy (non-hydrogen) atoms. The topological polar surface area (TPSA) is 208 Å². The van der Waals surface area contributed by atoms with Crippen LogP contribution in [-0.2, 0) is 28.5 Å². The Labute approximate surface area is 303 Å². The number of amides is 3. The molecule has 6 atom stereocenters. The van der Waals surface area contributed by atoms with Crippen molar-refractivity contribution in [2.24, 2.45) is 5.73 Å². The van der Waals surface area contributed by atoms with Gasteiger partial charge in [-0.3, -0.25) is 9.59 Å². The lowest BCUT2D eigenvalue weighted by Gasteiger charge is -2.51. The van der Waals surface area contributed by atoms with Crippen molar-refractivity contribution in [2.75, 3.05) is 38.3 Å². The first kappa shape index (κ1) is 41.7. The second kappa shape index (κ2) is 18.7. The molecule has 2 aromatic carbocycles. The second-order valence-corrected chi connectivity index (χ2v) is 14.7. The number of thioether (sulfide) groups is 1. The van der Waals surface area contributed by atoms with Gasteiger partial charge in [0.1, 0.15) is 23.4 Å². The highest BCUT2D eigenvalue weighted by atomic mass is 32.2. The molecule has 0 aromatic heterocycles. The second-order valence-electron chi connectivity index (χ2n) is 13.5. The number of aliphatic hydroxyl groups is 2. The van der Waals surface area contributed by atoms with Gasteiger partial charge in [-0.25, -0.2) is 9.59 Å². The van der Waals surface area contributed by atoms with Crippen molar-refractivity contribution in [3.05, 3.63) is 60.2 Å². The minimum atomic E-state index is -2.27. The van der Waals surface area contributed by atoms with Crippen molar-refractivity contribution in [2.45, 2.75) is 88.7 Å². The van der Waals surface area contributed by atoms with Crippen LogP contribution in [0.1, 0.15) is 57.8 Å². The molecule has 1 aliphatic rings. The molecule has 0 saturated carbocycles. The summed E-state index contributed by atoms with van der Waals surface area (Å²) in [6.45, 7) is 7.55. The summed E-state index contributed by atoms with van der Waals surface area (Å²) in [6.07, 6.45) is -4.04. The third kappa shape index (κ3) is 11.9. The summed E-state index contributed by atoms with van der Waals surface area (Å²) in [5, 5.41) is 31.4. The molecular weight excluding hydrogens is 680 g/mol. The Morgan fingerprint density at radius 1 is 1.02 bits per heavy atom. The van der Waals surface area contributed by atoms with Gasteiger partial charge < -0.3 is 50.8 Å². The van der Waals surface area contributed by atoms with Crippen LogP contribution in [0.5, 0.6) is 0 Å². The van der Waals surface area contributed by atoms with Crippen LogP contribution in [0.15, 0.2) is 54.6 Å². The number of hydrogen-bond acceptors (Lipinski definition) is 12. The van der Waals surface area contributed by atoms with E-state index in [0.717, 1.165) is 24.0 Å². The molecule has 15 heteroatoms. The van der Waals surface area contributed by atoms with Crippen LogP contribution in [0, 0.1) is 0 Å². The van der Waals surface area contributed by atoms with E-state index in [4.69, 9.17) is 24.7 Å². The number of nitrogens with one attached hydrogen (secondary N) is 3. The van der Waals surface area contributed by atoms with Crippen molar-refractivity contribution in [1.29, 1.82) is 0 Å². The van der Waals surface area contributed by atoms with Crippen LogP contribution >= 0.6 is 11.8 Å². The highest BCUT2D eigenvalue weighted by Gasteiger charge is 2.60. The molecule has 282 valence electrons. The van der Waals surface area contributed by atoms with E-state index < -0.39 is 71.7 Å². The van der Waals surface area contributed by atoms with Gasteiger partial charge >= 0.3 is 12.1 Å². The number of aliphatic hydroxyl groups excluding tert-OH is 1. The number of alkyl carbamates (subject to hydrolysis) is 1. The molecule has 0 aliphatic carbocycles. The fourth-order valence-corrected chi connectivity index (χ4v) is 6.29. The number of nitrogens with two attached hydrogens (primary N) is 1. The van der Waals surface area contributed by atoms with E-state index in [1.807, 2.05) is 30.3 Å². The van der Waals surface area contributed by atoms with Crippen molar-refractivity contribution in [3.8, 4) is 11.1 Å². The molecule has 0 radical (unpaired) electrons. The van der Waals surface area contributed by atoms with E-state index in [2.05, 4.69) is 16.0 Å². The predicted molar refractivity (Wildman–Crippen MR) is 193 cm³/mol. The largest absolute Gasteiger partial charge is 0.465 e. The average Bonchev–Trinajstić information content (AvgIpc) is 3.08. The summed E-state index contributed by atoms with van der Waals surface area (Å²) in [5.41, 5.74) is 4.62. The van der Waals surface area contributed by atoms with E-state index >= 15 is 0 Å². The highest BCUT2D eigenvalue weighted by Crippen LogP contribution is 2.38. The van der Waals surface area contributed by atoms with Crippen LogP contribution in [0.2, 0.25) is 0 Å². The standard InChI is InChI=1S/C36H52N4O10S/c1-23(41)39-29-27(40-33(45)50-34(2,3)4)21-36(32(44)47-6,48-18-10-19-51-20-17-37)49-30(29)35(5,46)28(42)22-38-31(43)26-15-13-25(14-16-26)24-11-8-7-9-12-24/h7-9,11-16,27-30,42,46H,10,17-22,37H2,1-6H3,(H,38,43)(H,39,41)(H,40,45). The van der Waals surface area contributed by atoms with E-state index in [1.54, 1.807) is 56.8 Å². The number of methoxy groups -OCH3 is 1. The lowest BCUT2D eigenvalue weighted by molar-refractivity contribution is -0.315. The predicted octanol–water partition coefficient (Wildman–Crippen LogP) is 2.35. The van der Waals surface area contributed by atoms with Crippen molar-refractivity contribution in [1.82, 2.24) is 16.0 Å². The minimum Gasteiger partial charge on any atom is -0.465 e. The molecule has 1 saturated heterocycles. The number of carbonyl (C=O) groups is 4.